The zero-order valence-electron chi connectivity index (χ0n) is 14.5. The molecule has 0 aliphatic rings. The average Bonchev–Trinajstić information content (AvgIpc) is 2.49. The topological polar surface area (TPSA) is 66.4 Å². The average molecular weight is 325 g/mol. The summed E-state index contributed by atoms with van der Waals surface area (Å²) in [5.41, 5.74) is 5.59. The minimum absolute atomic E-state index is 0.257. The molecule has 0 radical (unpaired) electrons. The molecule has 0 aliphatic heterocycles. The van der Waals surface area contributed by atoms with Crippen molar-refractivity contribution in [2.45, 2.75) is 40.2 Å². The normalized spacial score (nSPS) is 11.8. The standard InChI is InChI=1S/C20H23NO3/c1-12-7-13(2)9-17(8-12)19(22)21-18(20(23)24)11-16-6-5-14(3)15(4)10-16/h5-10,18H,11H2,1-4H3,(H,21,22)(H,23,24)/t18-/m0/s1. The van der Waals surface area contributed by atoms with E-state index in [2.05, 4.69) is 5.32 Å². The molecular weight excluding hydrogens is 302 g/mol. The molecule has 0 aromatic heterocycles. The monoisotopic (exact) mass is 325 g/mol. The van der Waals surface area contributed by atoms with Crippen LogP contribution in [-0.2, 0) is 11.2 Å². The predicted molar refractivity (Wildman–Crippen MR) is 94.4 cm³/mol. The van der Waals surface area contributed by atoms with Crippen LogP contribution in [0.15, 0.2) is 36.4 Å². The molecule has 2 rings (SSSR count). The van der Waals surface area contributed by atoms with Crippen molar-refractivity contribution >= 4 is 11.9 Å². The van der Waals surface area contributed by atoms with E-state index in [1.165, 1.54) is 0 Å². The number of carboxylic acid groups (broad SMARTS) is 1. The minimum Gasteiger partial charge on any atom is -0.480 e. The van der Waals surface area contributed by atoms with Gasteiger partial charge in [0.15, 0.2) is 0 Å². The second-order valence-corrected chi connectivity index (χ2v) is 6.36. The molecule has 4 nitrogen and oxygen atoms in total. The Bertz CT molecular complexity index is 760. The van der Waals surface area contributed by atoms with Crippen LogP contribution in [0.3, 0.4) is 0 Å². The molecule has 1 amide bonds. The third kappa shape index (κ3) is 4.44. The van der Waals surface area contributed by atoms with Gasteiger partial charge in [-0.3, -0.25) is 4.79 Å². The lowest BCUT2D eigenvalue weighted by Crippen LogP contribution is -2.42. The van der Waals surface area contributed by atoms with E-state index >= 15 is 0 Å². The lowest BCUT2D eigenvalue weighted by atomic mass is 10.0. The number of aryl methyl sites for hydroxylation is 4. The molecule has 1 atom stereocenters. The molecule has 0 saturated heterocycles. The van der Waals surface area contributed by atoms with Crippen LogP contribution in [0, 0.1) is 27.7 Å². The molecule has 0 saturated carbocycles. The predicted octanol–water partition coefficient (Wildman–Crippen LogP) is 3.35. The van der Waals surface area contributed by atoms with Crippen LogP contribution in [0.5, 0.6) is 0 Å². The second kappa shape index (κ2) is 7.30. The van der Waals surface area contributed by atoms with Crippen LogP contribution < -0.4 is 5.32 Å². The van der Waals surface area contributed by atoms with Crippen molar-refractivity contribution in [3.8, 4) is 0 Å². The first-order chi connectivity index (χ1) is 11.3. The van der Waals surface area contributed by atoms with Crippen molar-refractivity contribution in [2.24, 2.45) is 0 Å². The summed E-state index contributed by atoms with van der Waals surface area (Å²) in [4.78, 5) is 23.9. The van der Waals surface area contributed by atoms with Gasteiger partial charge in [-0.05, 0) is 56.5 Å². The summed E-state index contributed by atoms with van der Waals surface area (Å²) < 4.78 is 0. The number of amides is 1. The molecular formula is C20H23NO3. The van der Waals surface area contributed by atoms with Gasteiger partial charge < -0.3 is 10.4 Å². The zero-order chi connectivity index (χ0) is 17.9. The van der Waals surface area contributed by atoms with E-state index in [0.29, 0.717) is 5.56 Å². The van der Waals surface area contributed by atoms with Crippen molar-refractivity contribution in [2.75, 3.05) is 0 Å². The fourth-order valence-corrected chi connectivity index (χ4v) is 2.71. The highest BCUT2D eigenvalue weighted by Crippen LogP contribution is 2.13. The number of aliphatic carboxylic acids is 1. The van der Waals surface area contributed by atoms with Crippen LogP contribution in [0.2, 0.25) is 0 Å². The van der Waals surface area contributed by atoms with E-state index in [9.17, 15) is 14.7 Å². The number of carboxylic acids is 1. The van der Waals surface area contributed by atoms with Crippen molar-refractivity contribution in [3.63, 3.8) is 0 Å². The van der Waals surface area contributed by atoms with E-state index in [1.807, 2.05) is 52.0 Å². The van der Waals surface area contributed by atoms with Gasteiger partial charge >= 0.3 is 5.97 Å². The SMILES string of the molecule is Cc1cc(C)cc(C(=O)N[C@@H](Cc2ccc(C)c(C)c2)C(=O)O)c1. The third-order valence-corrected chi connectivity index (χ3v) is 4.10. The number of nitrogens with one attached hydrogen (secondary N) is 1. The fourth-order valence-electron chi connectivity index (χ4n) is 2.71. The van der Waals surface area contributed by atoms with Crippen molar-refractivity contribution in [1.82, 2.24) is 5.32 Å². The summed E-state index contributed by atoms with van der Waals surface area (Å²) in [6.45, 7) is 7.82. The number of carbonyl (C=O) groups excluding carboxylic acids is 1. The molecule has 0 aliphatic carbocycles. The maximum Gasteiger partial charge on any atom is 0.326 e. The van der Waals surface area contributed by atoms with Gasteiger partial charge in [-0.15, -0.1) is 0 Å². The van der Waals surface area contributed by atoms with Crippen LogP contribution in [0.25, 0.3) is 0 Å². The highest BCUT2D eigenvalue weighted by molar-refractivity contribution is 5.97. The number of benzene rings is 2. The Hall–Kier alpha value is -2.62. The molecule has 2 aromatic rings. The van der Waals surface area contributed by atoms with Gasteiger partial charge in [-0.2, -0.15) is 0 Å². The Morgan fingerprint density at radius 3 is 2.12 bits per heavy atom. The first-order valence-electron chi connectivity index (χ1n) is 7.94. The zero-order valence-corrected chi connectivity index (χ0v) is 14.5. The lowest BCUT2D eigenvalue weighted by molar-refractivity contribution is -0.139. The van der Waals surface area contributed by atoms with Crippen molar-refractivity contribution in [3.05, 3.63) is 69.8 Å². The van der Waals surface area contributed by atoms with Crippen molar-refractivity contribution < 1.29 is 14.7 Å². The molecule has 0 unspecified atom stereocenters. The third-order valence-electron chi connectivity index (χ3n) is 4.10. The maximum absolute atomic E-state index is 12.4. The van der Waals surface area contributed by atoms with Gasteiger partial charge in [0, 0.05) is 12.0 Å². The summed E-state index contributed by atoms with van der Waals surface area (Å²) in [6.07, 6.45) is 0.257. The Morgan fingerprint density at radius 2 is 1.58 bits per heavy atom. The molecule has 0 fully saturated rings. The van der Waals surface area contributed by atoms with Gasteiger partial charge in [0.25, 0.3) is 5.91 Å². The summed E-state index contributed by atoms with van der Waals surface area (Å²) in [5, 5.41) is 12.1. The number of carbonyl (C=O) groups is 2. The van der Waals surface area contributed by atoms with Crippen molar-refractivity contribution in [1.29, 1.82) is 0 Å². The molecule has 0 spiro atoms. The van der Waals surface area contributed by atoms with Gasteiger partial charge in [-0.1, -0.05) is 35.4 Å². The molecule has 0 bridgehead atoms. The Labute approximate surface area is 142 Å². The summed E-state index contributed by atoms with van der Waals surface area (Å²) in [6, 6.07) is 10.4. The molecule has 2 aromatic carbocycles. The quantitative estimate of drug-likeness (QED) is 0.886. The van der Waals surface area contributed by atoms with Crippen LogP contribution in [0.1, 0.15) is 38.2 Å². The Morgan fingerprint density at radius 1 is 0.958 bits per heavy atom. The molecule has 4 heteroatoms. The van der Waals surface area contributed by atoms with Gasteiger partial charge in [0.1, 0.15) is 6.04 Å². The van der Waals surface area contributed by atoms with Gasteiger partial charge in [0.05, 0.1) is 0 Å². The molecule has 24 heavy (non-hydrogen) atoms. The number of hydrogen-bond donors (Lipinski definition) is 2. The summed E-state index contributed by atoms with van der Waals surface area (Å²) in [7, 11) is 0. The minimum atomic E-state index is -1.04. The molecule has 2 N–H and O–H groups in total. The van der Waals surface area contributed by atoms with Crippen LogP contribution in [0.4, 0.5) is 0 Å². The highest BCUT2D eigenvalue weighted by Gasteiger charge is 2.21. The van der Waals surface area contributed by atoms with Gasteiger partial charge in [-0.25, -0.2) is 4.79 Å². The Kier molecular flexibility index (Phi) is 5.39. The first-order valence-corrected chi connectivity index (χ1v) is 7.94. The van der Waals surface area contributed by atoms with E-state index in [0.717, 1.165) is 27.8 Å². The van der Waals surface area contributed by atoms with E-state index in [-0.39, 0.29) is 12.3 Å². The van der Waals surface area contributed by atoms with Gasteiger partial charge in [0.2, 0.25) is 0 Å². The molecule has 126 valence electrons. The molecule has 0 heterocycles. The smallest absolute Gasteiger partial charge is 0.326 e. The van der Waals surface area contributed by atoms with E-state index in [4.69, 9.17) is 0 Å². The summed E-state index contributed by atoms with van der Waals surface area (Å²) >= 11 is 0. The highest BCUT2D eigenvalue weighted by atomic mass is 16.4. The Balaban J connectivity index is 2.17. The van der Waals surface area contributed by atoms with E-state index < -0.39 is 12.0 Å². The van der Waals surface area contributed by atoms with E-state index in [1.54, 1.807) is 12.1 Å². The summed E-state index contributed by atoms with van der Waals surface area (Å²) in [5.74, 6) is -1.40. The maximum atomic E-state index is 12.4. The van der Waals surface area contributed by atoms with Crippen LogP contribution >= 0.6 is 0 Å². The largest absolute Gasteiger partial charge is 0.480 e. The second-order valence-electron chi connectivity index (χ2n) is 6.36. The fraction of sp³-hybridized carbons (Fsp3) is 0.300. The lowest BCUT2D eigenvalue weighted by Gasteiger charge is -2.16. The first kappa shape index (κ1) is 17.7. The number of hydrogen-bond acceptors (Lipinski definition) is 2. The van der Waals surface area contributed by atoms with Crippen LogP contribution in [-0.4, -0.2) is 23.0 Å². The number of rotatable bonds is 5.